The third-order valence-electron chi connectivity index (χ3n) is 4.14. The third kappa shape index (κ3) is 3.54. The number of thiazole rings is 1. The number of amides is 1. The van der Waals surface area contributed by atoms with Crippen LogP contribution in [0, 0.1) is 18.8 Å². The Kier molecular flexibility index (Phi) is 4.76. The molecular formula is C18H17N2O3S-. The number of carbonyl (C=O) groups excluding carboxylic acids is 2. The number of nitrogens with one attached hydrogen (secondary N) is 1. The van der Waals surface area contributed by atoms with E-state index in [1.54, 1.807) is 29.5 Å². The molecule has 1 N–H and O–H groups in total. The van der Waals surface area contributed by atoms with Crippen LogP contribution in [0.15, 0.2) is 41.8 Å². The molecule has 6 heteroatoms. The molecule has 1 aliphatic carbocycles. The van der Waals surface area contributed by atoms with Crippen molar-refractivity contribution >= 4 is 28.9 Å². The van der Waals surface area contributed by atoms with Gasteiger partial charge in [-0.05, 0) is 31.9 Å². The van der Waals surface area contributed by atoms with Crippen LogP contribution in [0.3, 0.4) is 0 Å². The van der Waals surface area contributed by atoms with E-state index in [0.29, 0.717) is 18.5 Å². The highest BCUT2D eigenvalue weighted by Crippen LogP contribution is 2.27. The van der Waals surface area contributed by atoms with Gasteiger partial charge in [0.05, 0.1) is 16.6 Å². The lowest BCUT2D eigenvalue weighted by Crippen LogP contribution is -2.41. The predicted molar refractivity (Wildman–Crippen MR) is 91.3 cm³/mol. The summed E-state index contributed by atoms with van der Waals surface area (Å²) in [6.45, 7) is 1.95. The van der Waals surface area contributed by atoms with Crippen molar-refractivity contribution in [2.75, 3.05) is 5.32 Å². The molecule has 0 bridgehead atoms. The molecule has 1 aromatic heterocycles. The smallest absolute Gasteiger partial charge is 0.228 e. The number of carbonyl (C=O) groups is 2. The minimum atomic E-state index is -1.17. The van der Waals surface area contributed by atoms with Crippen LogP contribution in [0.1, 0.15) is 17.8 Å². The molecule has 0 saturated carbocycles. The average molecular weight is 341 g/mol. The van der Waals surface area contributed by atoms with Crippen molar-refractivity contribution in [3.63, 3.8) is 0 Å². The Morgan fingerprint density at radius 3 is 2.42 bits per heavy atom. The van der Waals surface area contributed by atoms with E-state index in [1.165, 1.54) is 0 Å². The van der Waals surface area contributed by atoms with E-state index >= 15 is 0 Å². The van der Waals surface area contributed by atoms with Crippen LogP contribution in [-0.2, 0) is 9.59 Å². The summed E-state index contributed by atoms with van der Waals surface area (Å²) in [7, 11) is 0. The van der Waals surface area contributed by atoms with Gasteiger partial charge in [-0.15, -0.1) is 11.3 Å². The molecule has 24 heavy (non-hydrogen) atoms. The molecule has 2 atom stereocenters. The summed E-state index contributed by atoms with van der Waals surface area (Å²) in [5.74, 6) is -2.83. The fraction of sp³-hybridized carbons (Fsp3) is 0.278. The predicted octanol–water partition coefficient (Wildman–Crippen LogP) is 2.39. The van der Waals surface area contributed by atoms with Gasteiger partial charge in [0.25, 0.3) is 0 Å². The van der Waals surface area contributed by atoms with E-state index in [1.807, 2.05) is 30.5 Å². The summed E-state index contributed by atoms with van der Waals surface area (Å²) in [6.07, 6.45) is 4.38. The molecular weight excluding hydrogens is 324 g/mol. The van der Waals surface area contributed by atoms with Crippen LogP contribution in [0.2, 0.25) is 0 Å². The SMILES string of the molecule is Cc1nc(-c2ccc(NC(=O)[C@@H]3CC=CC[C@H]3C(=O)[O-])cc2)cs1. The zero-order valence-corrected chi connectivity index (χ0v) is 14.0. The average Bonchev–Trinajstić information content (AvgIpc) is 3.02. The number of allylic oxidation sites excluding steroid dienone is 2. The molecule has 1 aromatic carbocycles. The molecule has 2 aromatic rings. The second-order valence-electron chi connectivity index (χ2n) is 5.79. The first-order valence-electron chi connectivity index (χ1n) is 7.74. The molecule has 0 saturated heterocycles. The summed E-state index contributed by atoms with van der Waals surface area (Å²) < 4.78 is 0. The van der Waals surface area contributed by atoms with Crippen LogP contribution >= 0.6 is 11.3 Å². The second kappa shape index (κ2) is 6.97. The Bertz CT molecular complexity index is 780. The van der Waals surface area contributed by atoms with Gasteiger partial charge in [0.15, 0.2) is 0 Å². The molecule has 3 rings (SSSR count). The number of hydrogen-bond acceptors (Lipinski definition) is 5. The zero-order valence-electron chi connectivity index (χ0n) is 13.2. The number of carboxylic acids is 1. The molecule has 1 heterocycles. The van der Waals surface area contributed by atoms with Gasteiger partial charge >= 0.3 is 0 Å². The molecule has 0 fully saturated rings. The number of aryl methyl sites for hydroxylation is 1. The van der Waals surface area contributed by atoms with Crippen molar-refractivity contribution in [3.8, 4) is 11.3 Å². The maximum Gasteiger partial charge on any atom is 0.228 e. The van der Waals surface area contributed by atoms with Gasteiger partial charge < -0.3 is 15.2 Å². The summed E-state index contributed by atoms with van der Waals surface area (Å²) >= 11 is 1.59. The quantitative estimate of drug-likeness (QED) is 0.866. The molecule has 0 aliphatic heterocycles. The normalized spacial score (nSPS) is 19.9. The Morgan fingerprint density at radius 2 is 1.83 bits per heavy atom. The van der Waals surface area contributed by atoms with Gasteiger partial charge in [0.2, 0.25) is 5.91 Å². The van der Waals surface area contributed by atoms with Gasteiger partial charge in [0.1, 0.15) is 0 Å². The Hall–Kier alpha value is -2.47. The maximum atomic E-state index is 12.4. The van der Waals surface area contributed by atoms with E-state index in [4.69, 9.17) is 0 Å². The highest BCUT2D eigenvalue weighted by Gasteiger charge is 2.29. The number of hydrogen-bond donors (Lipinski definition) is 1. The molecule has 1 aliphatic rings. The maximum absolute atomic E-state index is 12.4. The lowest BCUT2D eigenvalue weighted by Gasteiger charge is -2.28. The fourth-order valence-corrected chi connectivity index (χ4v) is 3.44. The first-order chi connectivity index (χ1) is 11.5. The number of benzene rings is 1. The number of carboxylic acid groups (broad SMARTS) is 1. The molecule has 0 radical (unpaired) electrons. The topological polar surface area (TPSA) is 82.1 Å². The van der Waals surface area contributed by atoms with E-state index < -0.39 is 17.8 Å². The summed E-state index contributed by atoms with van der Waals surface area (Å²) in [4.78, 5) is 28.0. The largest absolute Gasteiger partial charge is 0.550 e. The zero-order chi connectivity index (χ0) is 17.1. The Balaban J connectivity index is 1.70. The lowest BCUT2D eigenvalue weighted by atomic mass is 9.82. The molecule has 124 valence electrons. The van der Waals surface area contributed by atoms with Crippen LogP contribution in [0.5, 0.6) is 0 Å². The lowest BCUT2D eigenvalue weighted by molar-refractivity contribution is -0.313. The third-order valence-corrected chi connectivity index (χ3v) is 4.91. The first-order valence-corrected chi connectivity index (χ1v) is 8.62. The minimum Gasteiger partial charge on any atom is -0.550 e. The highest BCUT2D eigenvalue weighted by atomic mass is 32.1. The monoisotopic (exact) mass is 341 g/mol. The van der Waals surface area contributed by atoms with Crippen LogP contribution < -0.4 is 10.4 Å². The van der Waals surface area contributed by atoms with Crippen LogP contribution in [0.25, 0.3) is 11.3 Å². The van der Waals surface area contributed by atoms with Crippen molar-refractivity contribution in [1.29, 1.82) is 0 Å². The standard InChI is InChI=1S/C18H18N2O3S/c1-11-19-16(10-24-11)12-6-8-13(9-7-12)20-17(21)14-4-2-3-5-15(14)18(22)23/h2-3,6-10,14-15H,4-5H2,1H3,(H,20,21)(H,22,23)/p-1/t14-,15-/m1/s1. The Labute approximate surface area is 144 Å². The second-order valence-corrected chi connectivity index (χ2v) is 6.86. The molecule has 5 nitrogen and oxygen atoms in total. The van der Waals surface area contributed by atoms with Crippen molar-refractivity contribution < 1.29 is 14.7 Å². The molecule has 0 spiro atoms. The van der Waals surface area contributed by atoms with Gasteiger partial charge in [0, 0.05) is 28.5 Å². The van der Waals surface area contributed by atoms with Gasteiger partial charge in [-0.2, -0.15) is 0 Å². The van der Waals surface area contributed by atoms with Crippen LogP contribution in [-0.4, -0.2) is 16.9 Å². The van der Waals surface area contributed by atoms with Gasteiger partial charge in [-0.1, -0.05) is 24.3 Å². The van der Waals surface area contributed by atoms with E-state index in [2.05, 4.69) is 10.3 Å². The van der Waals surface area contributed by atoms with Gasteiger partial charge in [-0.25, -0.2) is 4.98 Å². The number of anilines is 1. The number of aromatic nitrogens is 1. The fourth-order valence-electron chi connectivity index (χ4n) is 2.82. The van der Waals surface area contributed by atoms with Crippen molar-refractivity contribution in [2.24, 2.45) is 11.8 Å². The van der Waals surface area contributed by atoms with Crippen molar-refractivity contribution in [1.82, 2.24) is 4.98 Å². The van der Waals surface area contributed by atoms with E-state index in [9.17, 15) is 14.7 Å². The minimum absolute atomic E-state index is 0.286. The van der Waals surface area contributed by atoms with Gasteiger partial charge in [-0.3, -0.25) is 4.79 Å². The number of aliphatic carboxylic acids is 1. The number of rotatable bonds is 4. The van der Waals surface area contributed by atoms with Crippen molar-refractivity contribution in [3.05, 3.63) is 46.8 Å². The summed E-state index contributed by atoms with van der Waals surface area (Å²) in [5, 5.41) is 17.0. The van der Waals surface area contributed by atoms with E-state index in [0.717, 1.165) is 16.3 Å². The number of nitrogens with zero attached hydrogens (tertiary/aromatic N) is 1. The Morgan fingerprint density at radius 1 is 1.17 bits per heavy atom. The molecule has 1 amide bonds. The van der Waals surface area contributed by atoms with Crippen molar-refractivity contribution in [2.45, 2.75) is 19.8 Å². The van der Waals surface area contributed by atoms with E-state index in [-0.39, 0.29) is 5.91 Å². The first kappa shape index (κ1) is 16.4. The molecule has 0 unspecified atom stereocenters. The summed E-state index contributed by atoms with van der Waals surface area (Å²) in [5.41, 5.74) is 2.53. The van der Waals surface area contributed by atoms with Crippen LogP contribution in [0.4, 0.5) is 5.69 Å². The highest BCUT2D eigenvalue weighted by molar-refractivity contribution is 7.09. The summed E-state index contributed by atoms with van der Waals surface area (Å²) in [6, 6.07) is 7.38.